The maximum atomic E-state index is 13.8. The number of rotatable bonds is 2. The molecule has 13 rings (SSSR count). The predicted octanol–water partition coefficient (Wildman–Crippen LogP) is 9.53. The summed E-state index contributed by atoms with van der Waals surface area (Å²) in [5.74, 6) is -1.81. The van der Waals surface area contributed by atoms with Gasteiger partial charge in [0.2, 0.25) is 0 Å². The third-order valence-electron chi connectivity index (χ3n) is 12.3. The molecule has 50 heavy (non-hydrogen) atoms. The summed E-state index contributed by atoms with van der Waals surface area (Å²) in [5, 5.41) is 8.46. The second-order valence-corrected chi connectivity index (χ2v) is 17.4. The number of hydrogen-bond acceptors (Lipinski definition) is 4. The van der Waals surface area contributed by atoms with Crippen LogP contribution in [0.4, 0.5) is 0 Å². The van der Waals surface area contributed by atoms with Crippen molar-refractivity contribution in [2.24, 2.45) is 0 Å². The van der Waals surface area contributed by atoms with Gasteiger partial charge in [-0.15, -0.1) is 0 Å². The van der Waals surface area contributed by atoms with Gasteiger partial charge < -0.3 is 0 Å². The van der Waals surface area contributed by atoms with Crippen LogP contribution in [0.1, 0.15) is 93.9 Å². The van der Waals surface area contributed by atoms with Gasteiger partial charge in [-0.2, -0.15) is 16.8 Å². The maximum Gasteiger partial charge on any atom is 0.295 e. The summed E-state index contributed by atoms with van der Waals surface area (Å²) < 4.78 is 77.5. The second-order valence-electron chi connectivity index (χ2n) is 14.7. The van der Waals surface area contributed by atoms with E-state index in [0.717, 1.165) is 65.3 Å². The molecule has 6 aliphatic rings. The second kappa shape index (κ2) is 9.59. The van der Waals surface area contributed by atoms with Crippen molar-refractivity contribution >= 4 is 63.3 Å². The molecule has 0 aliphatic heterocycles. The van der Waals surface area contributed by atoms with E-state index in [0.29, 0.717) is 47.9 Å². The van der Waals surface area contributed by atoms with E-state index in [9.17, 15) is 25.9 Å². The highest BCUT2D eigenvalue weighted by Crippen LogP contribution is 2.64. The Bertz CT molecular complexity index is 2600. The topological polar surface area (TPSA) is 109 Å². The summed E-state index contributed by atoms with van der Waals surface area (Å²) in [4.78, 5) is -0.291. The predicted molar refractivity (Wildman–Crippen MR) is 195 cm³/mol. The van der Waals surface area contributed by atoms with Crippen molar-refractivity contribution < 1.29 is 25.9 Å². The minimum atomic E-state index is -4.82. The van der Waals surface area contributed by atoms with Crippen LogP contribution in [0.25, 0.3) is 43.1 Å². The van der Waals surface area contributed by atoms with Crippen LogP contribution in [-0.4, -0.2) is 25.9 Å². The van der Waals surface area contributed by atoms with Gasteiger partial charge in [0, 0.05) is 23.7 Å². The molecule has 7 aromatic carbocycles. The minimum absolute atomic E-state index is 0.146. The summed E-state index contributed by atoms with van der Waals surface area (Å²) in [6, 6.07) is 33.3. The van der Waals surface area contributed by atoms with E-state index in [2.05, 4.69) is 72.8 Å². The zero-order chi connectivity index (χ0) is 33.8. The fourth-order valence-electron chi connectivity index (χ4n) is 10.5. The molecule has 6 aliphatic carbocycles. The summed E-state index contributed by atoms with van der Waals surface area (Å²) in [6.45, 7) is 0. The Labute approximate surface area is 288 Å². The molecule has 246 valence electrons. The molecule has 4 atom stereocenters. The van der Waals surface area contributed by atoms with Crippen molar-refractivity contribution in [2.75, 3.05) is 0 Å². The van der Waals surface area contributed by atoms with E-state index in [4.69, 9.17) is 0 Å². The highest BCUT2D eigenvalue weighted by atomic mass is 32.2. The third kappa shape index (κ3) is 3.79. The number of hydrogen-bond donors (Lipinski definition) is 2. The lowest BCUT2D eigenvalue weighted by molar-refractivity contribution is 0.435. The monoisotopic (exact) mass is 694 g/mol. The summed E-state index contributed by atoms with van der Waals surface area (Å²) in [7, 11) is -9.63. The van der Waals surface area contributed by atoms with E-state index in [1.807, 2.05) is 24.3 Å². The molecule has 0 heterocycles. The molecule has 0 spiro atoms. The first-order valence-electron chi connectivity index (χ1n) is 17.2. The van der Waals surface area contributed by atoms with E-state index in [1.165, 1.54) is 0 Å². The van der Waals surface area contributed by atoms with Gasteiger partial charge in [0.15, 0.2) is 0 Å². The highest BCUT2D eigenvalue weighted by Gasteiger charge is 2.51. The Hall–Kier alpha value is -4.60. The molecule has 0 radical (unpaired) electrons. The van der Waals surface area contributed by atoms with E-state index in [-0.39, 0.29) is 9.79 Å². The van der Waals surface area contributed by atoms with Crippen LogP contribution in [0.5, 0.6) is 0 Å². The van der Waals surface area contributed by atoms with Gasteiger partial charge in [0.1, 0.15) is 9.79 Å². The van der Waals surface area contributed by atoms with Crippen LogP contribution in [0.2, 0.25) is 0 Å². The molecule has 4 bridgehead atoms. The van der Waals surface area contributed by atoms with Gasteiger partial charge in [-0.25, -0.2) is 0 Å². The number of fused-ring (bicyclic) bond motifs is 6. The van der Waals surface area contributed by atoms with Crippen molar-refractivity contribution in [3.63, 3.8) is 0 Å². The van der Waals surface area contributed by atoms with Gasteiger partial charge in [-0.1, -0.05) is 72.8 Å². The molecule has 0 fully saturated rings. The van der Waals surface area contributed by atoms with Crippen LogP contribution >= 0.6 is 0 Å². The standard InChI is InChI=1S/C42H30O6S2/c43-49(44,45)41-37-29-9-10-30(34-18-26-14-22-6-2-1-5-21(22)13-25(26)17-33(29)34)38(37)42(50(46,47)48)40-32-12-11-31(39(40)41)35-19-27-15-23-7-3-4-8-24(23)16-28(27)20-36(32)35/h1-8,13-20,29-32H,9-12H2,(H,43,44,45)(H,46,47,48). The maximum absolute atomic E-state index is 13.8. The fourth-order valence-corrected chi connectivity index (χ4v) is 12.6. The van der Waals surface area contributed by atoms with Crippen LogP contribution in [0.3, 0.4) is 0 Å². The minimum Gasteiger partial charge on any atom is -0.282 e. The van der Waals surface area contributed by atoms with E-state index >= 15 is 0 Å². The Kier molecular flexibility index (Phi) is 5.59. The van der Waals surface area contributed by atoms with Crippen LogP contribution in [0, 0.1) is 0 Å². The Morgan fingerprint density at radius 2 is 0.620 bits per heavy atom. The molecule has 2 N–H and O–H groups in total. The summed E-state index contributed by atoms with van der Waals surface area (Å²) >= 11 is 0. The molecule has 8 heteroatoms. The van der Waals surface area contributed by atoms with E-state index in [1.54, 1.807) is 0 Å². The molecule has 7 aromatic rings. The quantitative estimate of drug-likeness (QED) is 0.138. The van der Waals surface area contributed by atoms with Gasteiger partial charge in [0.25, 0.3) is 20.2 Å². The Balaban J connectivity index is 1.23. The zero-order valence-corrected chi connectivity index (χ0v) is 28.4. The fraction of sp³-hybridized carbons (Fsp3) is 0.190. The lowest BCUT2D eigenvalue weighted by Crippen LogP contribution is -2.35. The van der Waals surface area contributed by atoms with Crippen molar-refractivity contribution in [2.45, 2.75) is 59.1 Å². The van der Waals surface area contributed by atoms with Gasteiger partial charge in [-0.3, -0.25) is 9.11 Å². The molecule has 6 nitrogen and oxygen atoms in total. The summed E-state index contributed by atoms with van der Waals surface area (Å²) in [5.41, 5.74) is 5.24. The third-order valence-corrected chi connectivity index (χ3v) is 14.2. The van der Waals surface area contributed by atoms with Crippen LogP contribution in [-0.2, 0) is 20.2 Å². The average molecular weight is 695 g/mol. The molecule has 4 unspecified atom stereocenters. The largest absolute Gasteiger partial charge is 0.295 e. The van der Waals surface area contributed by atoms with Crippen molar-refractivity contribution in [3.8, 4) is 0 Å². The summed E-state index contributed by atoms with van der Waals surface area (Å²) in [6.07, 6.45) is 2.44. The lowest BCUT2D eigenvalue weighted by atomic mass is 9.58. The Morgan fingerprint density at radius 3 is 0.840 bits per heavy atom. The lowest BCUT2D eigenvalue weighted by Gasteiger charge is -2.47. The van der Waals surface area contributed by atoms with Crippen molar-refractivity contribution in [1.29, 1.82) is 0 Å². The first-order valence-corrected chi connectivity index (χ1v) is 20.0. The molecular formula is C42H30O6S2. The molecule has 0 amide bonds. The first-order chi connectivity index (χ1) is 24.0. The van der Waals surface area contributed by atoms with Crippen molar-refractivity contribution in [1.82, 2.24) is 0 Å². The number of benzene rings is 7. The normalized spacial score (nSPS) is 21.8. The van der Waals surface area contributed by atoms with Gasteiger partial charge in [0.05, 0.1) is 0 Å². The van der Waals surface area contributed by atoms with E-state index < -0.39 is 43.9 Å². The van der Waals surface area contributed by atoms with Crippen LogP contribution in [0.15, 0.2) is 107 Å². The smallest absolute Gasteiger partial charge is 0.282 e. The molecular weight excluding hydrogens is 665 g/mol. The highest BCUT2D eigenvalue weighted by molar-refractivity contribution is 7.86. The first kappa shape index (κ1) is 29.2. The van der Waals surface area contributed by atoms with Crippen molar-refractivity contribution in [3.05, 3.63) is 142 Å². The van der Waals surface area contributed by atoms with Gasteiger partial charge >= 0.3 is 0 Å². The zero-order valence-electron chi connectivity index (χ0n) is 26.7. The van der Waals surface area contributed by atoms with Gasteiger partial charge in [-0.05, 0) is 138 Å². The van der Waals surface area contributed by atoms with Crippen LogP contribution < -0.4 is 0 Å². The SMILES string of the molecule is O=S(=O)(O)c1c2c(c(S(=O)(=O)O)c3c1C1CCC3c3cc4cc5ccccc5cc4cc31)C1CCC2c2cc3cc4ccccc4cc3cc21. The Morgan fingerprint density at radius 1 is 0.380 bits per heavy atom. The molecule has 0 aromatic heterocycles. The average Bonchev–Trinajstić information content (AvgIpc) is 3.09. The molecule has 0 saturated heterocycles. The molecule has 0 saturated carbocycles.